The molecule has 13 heavy (non-hydrogen) atoms. The van der Waals surface area contributed by atoms with Gasteiger partial charge < -0.3 is 11.1 Å². The van der Waals surface area contributed by atoms with Crippen LogP contribution in [0.5, 0.6) is 0 Å². The fourth-order valence-electron chi connectivity index (χ4n) is 1.46. The highest BCUT2D eigenvalue weighted by molar-refractivity contribution is 5.78. The van der Waals surface area contributed by atoms with Gasteiger partial charge in [0.15, 0.2) is 0 Å². The van der Waals surface area contributed by atoms with Gasteiger partial charge in [0.2, 0.25) is 11.8 Å². The van der Waals surface area contributed by atoms with Crippen molar-refractivity contribution >= 4 is 11.8 Å². The van der Waals surface area contributed by atoms with Gasteiger partial charge in [-0.15, -0.1) is 0 Å². The van der Waals surface area contributed by atoms with Gasteiger partial charge in [-0.2, -0.15) is 0 Å². The lowest BCUT2D eigenvalue weighted by atomic mass is 10.2. The van der Waals surface area contributed by atoms with Crippen molar-refractivity contribution in [3.05, 3.63) is 0 Å². The Hall–Kier alpha value is -1.10. The Morgan fingerprint density at radius 3 is 3.08 bits per heavy atom. The third-order valence-corrected chi connectivity index (χ3v) is 2.18. The molecule has 0 saturated carbocycles. The van der Waals surface area contributed by atoms with Gasteiger partial charge in [-0.05, 0) is 6.92 Å². The Balaban J connectivity index is 2.52. The van der Waals surface area contributed by atoms with Crippen LogP contribution in [0.1, 0.15) is 13.3 Å². The number of hydrogen-bond donors (Lipinski definition) is 2. The fourth-order valence-corrected chi connectivity index (χ4v) is 1.46. The molecule has 0 bridgehead atoms. The molecule has 1 aliphatic heterocycles. The van der Waals surface area contributed by atoms with E-state index in [0.29, 0.717) is 19.5 Å². The van der Waals surface area contributed by atoms with E-state index in [-0.39, 0.29) is 24.4 Å². The molecule has 1 rings (SSSR count). The molecular weight excluding hydrogens is 170 g/mol. The summed E-state index contributed by atoms with van der Waals surface area (Å²) in [6.07, 6.45) is 0.438. The van der Waals surface area contributed by atoms with Crippen molar-refractivity contribution < 1.29 is 9.59 Å². The van der Waals surface area contributed by atoms with Crippen molar-refractivity contribution in [1.82, 2.24) is 10.2 Å². The summed E-state index contributed by atoms with van der Waals surface area (Å²) in [7, 11) is 0. The van der Waals surface area contributed by atoms with Gasteiger partial charge >= 0.3 is 0 Å². The molecule has 0 aliphatic carbocycles. The Morgan fingerprint density at radius 1 is 1.77 bits per heavy atom. The first-order chi connectivity index (χ1) is 6.09. The lowest BCUT2D eigenvalue weighted by molar-refractivity contribution is -0.122. The zero-order valence-electron chi connectivity index (χ0n) is 7.75. The first kappa shape index (κ1) is 9.98. The molecule has 0 spiro atoms. The predicted octanol–water partition coefficient (Wildman–Crippen LogP) is -1.32. The van der Waals surface area contributed by atoms with E-state index >= 15 is 0 Å². The lowest BCUT2D eigenvalue weighted by Crippen LogP contribution is -2.40. The first-order valence-corrected chi connectivity index (χ1v) is 4.38. The minimum atomic E-state index is -0.346. The predicted molar refractivity (Wildman–Crippen MR) is 47.9 cm³/mol. The number of primary amides is 1. The number of amides is 2. The summed E-state index contributed by atoms with van der Waals surface area (Å²) in [4.78, 5) is 23.7. The number of rotatable bonds is 2. The molecule has 0 aromatic heterocycles. The summed E-state index contributed by atoms with van der Waals surface area (Å²) < 4.78 is 0. The minimum Gasteiger partial charge on any atom is -0.369 e. The van der Waals surface area contributed by atoms with E-state index in [0.717, 1.165) is 0 Å². The third-order valence-electron chi connectivity index (χ3n) is 2.18. The van der Waals surface area contributed by atoms with Crippen LogP contribution < -0.4 is 11.1 Å². The number of nitrogens with one attached hydrogen (secondary N) is 1. The maximum Gasteiger partial charge on any atom is 0.231 e. The van der Waals surface area contributed by atoms with Gasteiger partial charge in [0.25, 0.3) is 0 Å². The maximum atomic E-state index is 11.1. The van der Waals surface area contributed by atoms with Crippen LogP contribution in [0.25, 0.3) is 0 Å². The molecule has 1 fully saturated rings. The highest BCUT2D eigenvalue weighted by Crippen LogP contribution is 2.05. The van der Waals surface area contributed by atoms with Crippen LogP contribution in [-0.2, 0) is 9.59 Å². The lowest BCUT2D eigenvalue weighted by Gasteiger charge is -2.23. The van der Waals surface area contributed by atoms with Gasteiger partial charge in [-0.25, -0.2) is 0 Å². The van der Waals surface area contributed by atoms with Crippen LogP contribution in [-0.4, -0.2) is 42.4 Å². The molecule has 1 saturated heterocycles. The van der Waals surface area contributed by atoms with Gasteiger partial charge in [-0.1, -0.05) is 0 Å². The molecule has 0 aromatic carbocycles. The highest BCUT2D eigenvalue weighted by Gasteiger charge is 2.21. The number of hydrogen-bond acceptors (Lipinski definition) is 3. The molecule has 0 radical (unpaired) electrons. The van der Waals surface area contributed by atoms with E-state index < -0.39 is 0 Å². The van der Waals surface area contributed by atoms with E-state index in [1.54, 1.807) is 0 Å². The zero-order valence-corrected chi connectivity index (χ0v) is 7.75. The van der Waals surface area contributed by atoms with Gasteiger partial charge in [0, 0.05) is 25.6 Å². The average Bonchev–Trinajstić information content (AvgIpc) is 2.13. The average molecular weight is 185 g/mol. The Kier molecular flexibility index (Phi) is 3.25. The van der Waals surface area contributed by atoms with Gasteiger partial charge in [0.05, 0.1) is 6.54 Å². The van der Waals surface area contributed by atoms with Crippen LogP contribution in [0, 0.1) is 0 Å². The maximum absolute atomic E-state index is 11.1. The smallest absolute Gasteiger partial charge is 0.231 e. The van der Waals surface area contributed by atoms with E-state index in [1.807, 2.05) is 11.8 Å². The SMILES string of the molecule is CC1CC(=O)NCCN1CC(N)=O. The van der Waals surface area contributed by atoms with Crippen molar-refractivity contribution in [2.24, 2.45) is 5.73 Å². The number of carbonyl (C=O) groups excluding carboxylic acids is 2. The molecular formula is C8H15N3O2. The molecule has 1 atom stereocenters. The van der Waals surface area contributed by atoms with Crippen molar-refractivity contribution in [3.63, 3.8) is 0 Å². The summed E-state index contributed by atoms with van der Waals surface area (Å²) in [5.41, 5.74) is 5.09. The van der Waals surface area contributed by atoms with Crippen molar-refractivity contribution in [2.75, 3.05) is 19.6 Å². The summed E-state index contributed by atoms with van der Waals surface area (Å²) >= 11 is 0. The second-order valence-corrected chi connectivity index (χ2v) is 3.34. The summed E-state index contributed by atoms with van der Waals surface area (Å²) in [5, 5.41) is 2.75. The molecule has 1 aliphatic rings. The van der Waals surface area contributed by atoms with Crippen molar-refractivity contribution in [3.8, 4) is 0 Å². The minimum absolute atomic E-state index is 0.0412. The molecule has 5 nitrogen and oxygen atoms in total. The van der Waals surface area contributed by atoms with E-state index in [2.05, 4.69) is 5.32 Å². The largest absolute Gasteiger partial charge is 0.369 e. The fraction of sp³-hybridized carbons (Fsp3) is 0.750. The molecule has 1 heterocycles. The van der Waals surface area contributed by atoms with Gasteiger partial charge in [0.1, 0.15) is 0 Å². The topological polar surface area (TPSA) is 75.4 Å². The summed E-state index contributed by atoms with van der Waals surface area (Å²) in [6.45, 7) is 3.44. The monoisotopic (exact) mass is 185 g/mol. The van der Waals surface area contributed by atoms with E-state index in [1.165, 1.54) is 0 Å². The van der Waals surface area contributed by atoms with E-state index in [4.69, 9.17) is 5.73 Å². The Labute approximate surface area is 77.3 Å². The molecule has 0 aromatic rings. The molecule has 1 unspecified atom stereocenters. The number of nitrogens with two attached hydrogens (primary N) is 1. The first-order valence-electron chi connectivity index (χ1n) is 4.38. The third kappa shape index (κ3) is 3.02. The Morgan fingerprint density at radius 2 is 2.46 bits per heavy atom. The van der Waals surface area contributed by atoms with Crippen LogP contribution in [0.15, 0.2) is 0 Å². The second kappa shape index (κ2) is 4.23. The molecule has 3 N–H and O–H groups in total. The second-order valence-electron chi connectivity index (χ2n) is 3.34. The Bertz CT molecular complexity index is 217. The van der Waals surface area contributed by atoms with Crippen molar-refractivity contribution in [2.45, 2.75) is 19.4 Å². The summed E-state index contributed by atoms with van der Waals surface area (Å²) in [5.74, 6) is -0.305. The highest BCUT2D eigenvalue weighted by atomic mass is 16.2. The number of nitrogens with zero attached hydrogens (tertiary/aromatic N) is 1. The van der Waals surface area contributed by atoms with Gasteiger partial charge in [-0.3, -0.25) is 14.5 Å². The number of carbonyl (C=O) groups is 2. The van der Waals surface area contributed by atoms with Crippen LogP contribution >= 0.6 is 0 Å². The molecule has 5 heteroatoms. The van der Waals surface area contributed by atoms with Crippen molar-refractivity contribution in [1.29, 1.82) is 0 Å². The quantitative estimate of drug-likeness (QED) is 0.560. The zero-order chi connectivity index (χ0) is 9.84. The van der Waals surface area contributed by atoms with Crippen LogP contribution in [0.4, 0.5) is 0 Å². The van der Waals surface area contributed by atoms with Crippen LogP contribution in [0.3, 0.4) is 0 Å². The summed E-state index contributed by atoms with van der Waals surface area (Å²) in [6, 6.07) is 0.0926. The van der Waals surface area contributed by atoms with E-state index in [9.17, 15) is 9.59 Å². The standard InChI is InChI=1S/C8H15N3O2/c1-6-4-8(13)10-2-3-11(6)5-7(9)12/h6H,2-5H2,1H3,(H2,9,12)(H,10,13). The molecule has 74 valence electrons. The van der Waals surface area contributed by atoms with Crippen LogP contribution in [0.2, 0.25) is 0 Å². The normalized spacial score (nSPS) is 25.0. The molecule has 2 amide bonds.